The topological polar surface area (TPSA) is 78.9 Å². The molecule has 0 heterocycles. The van der Waals surface area contributed by atoms with E-state index in [9.17, 15) is 14.4 Å². The fraction of sp³-hybridized carbons (Fsp3) is 0.917. The van der Waals surface area contributed by atoms with Gasteiger partial charge in [0.15, 0.2) is 6.10 Å². The molecule has 0 rings (SSSR count). The van der Waals surface area contributed by atoms with Crippen LogP contribution in [0.25, 0.3) is 0 Å². The van der Waals surface area contributed by atoms with Gasteiger partial charge >= 0.3 is 17.9 Å². The second kappa shape index (κ2) is 55.7. The lowest BCUT2D eigenvalue weighted by Gasteiger charge is -2.18. The summed E-state index contributed by atoms with van der Waals surface area (Å²) in [6, 6.07) is 0. The maximum Gasteiger partial charge on any atom is 0.306 e. The molecule has 0 aromatic carbocycles. The first-order valence-corrected chi connectivity index (χ1v) is 29.7. The summed E-state index contributed by atoms with van der Waals surface area (Å²) in [7, 11) is 0. The molecule has 0 N–H and O–H groups in total. The average molecular weight is 932 g/mol. The zero-order valence-electron chi connectivity index (χ0n) is 44.7. The standard InChI is InChI=1S/C60H114O6/c1-4-7-10-13-16-19-21-22-23-24-25-26-27-28-29-30-31-32-33-34-35-36-37-38-39-40-42-44-47-50-53-59(62)65-56-57(55-64-58(61)52-49-46-43-18-15-12-9-6-3)66-60(63)54-51-48-45-41-20-17-14-11-8-5-2/h11,14,57H,4-10,12-13,15-56H2,1-3H3/b14-11-. The van der Waals surface area contributed by atoms with E-state index in [-0.39, 0.29) is 31.1 Å². The van der Waals surface area contributed by atoms with Crippen molar-refractivity contribution in [3.05, 3.63) is 12.2 Å². The number of esters is 3. The van der Waals surface area contributed by atoms with Gasteiger partial charge in [0, 0.05) is 19.3 Å². The van der Waals surface area contributed by atoms with Crippen molar-refractivity contribution in [1.82, 2.24) is 0 Å². The number of allylic oxidation sites excluding steroid dienone is 2. The smallest absolute Gasteiger partial charge is 0.306 e. The van der Waals surface area contributed by atoms with Gasteiger partial charge in [-0.15, -0.1) is 0 Å². The summed E-state index contributed by atoms with van der Waals surface area (Å²) in [6.45, 7) is 6.59. The van der Waals surface area contributed by atoms with Gasteiger partial charge in [0.25, 0.3) is 0 Å². The van der Waals surface area contributed by atoms with Gasteiger partial charge in [0.2, 0.25) is 0 Å². The van der Waals surface area contributed by atoms with Gasteiger partial charge in [-0.05, 0) is 38.5 Å². The lowest BCUT2D eigenvalue weighted by atomic mass is 10.0. The molecular formula is C60H114O6. The lowest BCUT2D eigenvalue weighted by Crippen LogP contribution is -2.30. The Bertz CT molecular complexity index is 1020. The van der Waals surface area contributed by atoms with E-state index >= 15 is 0 Å². The number of carbonyl (C=O) groups excluding carboxylic acids is 3. The molecule has 0 aliphatic rings. The third-order valence-electron chi connectivity index (χ3n) is 13.5. The Morgan fingerprint density at radius 2 is 0.530 bits per heavy atom. The van der Waals surface area contributed by atoms with Crippen LogP contribution < -0.4 is 0 Å². The van der Waals surface area contributed by atoms with Crippen LogP contribution in [0.2, 0.25) is 0 Å². The molecule has 1 unspecified atom stereocenters. The summed E-state index contributed by atoms with van der Waals surface area (Å²) in [6.07, 6.45) is 64.0. The van der Waals surface area contributed by atoms with Crippen LogP contribution >= 0.6 is 0 Å². The Morgan fingerprint density at radius 3 is 0.818 bits per heavy atom. The van der Waals surface area contributed by atoms with Crippen LogP contribution in [-0.2, 0) is 28.6 Å². The zero-order chi connectivity index (χ0) is 47.9. The molecule has 0 aromatic heterocycles. The quantitative estimate of drug-likeness (QED) is 0.0262. The third kappa shape index (κ3) is 53.1. The average Bonchev–Trinajstić information content (AvgIpc) is 3.31. The van der Waals surface area contributed by atoms with Gasteiger partial charge in [-0.3, -0.25) is 14.4 Å². The molecule has 0 bridgehead atoms. The predicted molar refractivity (Wildman–Crippen MR) is 284 cm³/mol. The Labute approximate surface area is 411 Å². The summed E-state index contributed by atoms with van der Waals surface area (Å²) in [4.78, 5) is 37.8. The molecule has 0 saturated heterocycles. The Kier molecular flexibility index (Phi) is 54.2. The molecule has 0 spiro atoms. The third-order valence-corrected chi connectivity index (χ3v) is 13.5. The highest BCUT2D eigenvalue weighted by Crippen LogP contribution is 2.18. The van der Waals surface area contributed by atoms with Crippen LogP contribution in [0.3, 0.4) is 0 Å². The molecule has 0 aromatic rings. The first-order chi connectivity index (χ1) is 32.5. The number of hydrogen-bond donors (Lipinski definition) is 0. The largest absolute Gasteiger partial charge is 0.462 e. The number of ether oxygens (including phenoxy) is 3. The van der Waals surface area contributed by atoms with Crippen LogP contribution in [0, 0.1) is 0 Å². The van der Waals surface area contributed by atoms with Gasteiger partial charge < -0.3 is 14.2 Å². The number of carbonyl (C=O) groups is 3. The Hall–Kier alpha value is -1.85. The van der Waals surface area contributed by atoms with E-state index in [0.29, 0.717) is 19.3 Å². The second-order valence-electron chi connectivity index (χ2n) is 20.3. The molecule has 390 valence electrons. The number of rotatable bonds is 55. The van der Waals surface area contributed by atoms with E-state index in [1.165, 1.54) is 225 Å². The zero-order valence-corrected chi connectivity index (χ0v) is 44.7. The molecular weight excluding hydrogens is 817 g/mol. The van der Waals surface area contributed by atoms with Crippen molar-refractivity contribution >= 4 is 17.9 Å². The number of unbranched alkanes of at least 4 members (excludes halogenated alkanes) is 42. The molecule has 0 fully saturated rings. The summed E-state index contributed by atoms with van der Waals surface area (Å²) in [5, 5.41) is 0. The van der Waals surface area contributed by atoms with Crippen molar-refractivity contribution in [2.75, 3.05) is 13.2 Å². The van der Waals surface area contributed by atoms with Gasteiger partial charge in [0.05, 0.1) is 0 Å². The summed E-state index contributed by atoms with van der Waals surface area (Å²) >= 11 is 0. The summed E-state index contributed by atoms with van der Waals surface area (Å²) in [5.41, 5.74) is 0. The molecule has 1 atom stereocenters. The highest BCUT2D eigenvalue weighted by Gasteiger charge is 2.19. The minimum atomic E-state index is -0.766. The first kappa shape index (κ1) is 64.2. The maximum absolute atomic E-state index is 12.7. The fourth-order valence-corrected chi connectivity index (χ4v) is 9.04. The van der Waals surface area contributed by atoms with E-state index in [1.807, 2.05) is 0 Å². The van der Waals surface area contributed by atoms with Gasteiger partial charge in [0.1, 0.15) is 13.2 Å². The van der Waals surface area contributed by atoms with Crippen LogP contribution in [0.15, 0.2) is 12.2 Å². The van der Waals surface area contributed by atoms with E-state index in [0.717, 1.165) is 70.6 Å². The normalized spacial score (nSPS) is 12.0. The van der Waals surface area contributed by atoms with Crippen molar-refractivity contribution in [3.63, 3.8) is 0 Å². The molecule has 0 saturated carbocycles. The van der Waals surface area contributed by atoms with Crippen molar-refractivity contribution < 1.29 is 28.6 Å². The van der Waals surface area contributed by atoms with Gasteiger partial charge in [-0.25, -0.2) is 0 Å². The van der Waals surface area contributed by atoms with Crippen molar-refractivity contribution in [2.24, 2.45) is 0 Å². The molecule has 0 amide bonds. The monoisotopic (exact) mass is 931 g/mol. The SMILES string of the molecule is CCC/C=C\CCCCCCCC(=O)OC(COC(=O)CCCCCCCCCC)COC(=O)CCCCCCCCCCCCCCCCCCCCCCCCCCCCCCCC. The fourth-order valence-electron chi connectivity index (χ4n) is 9.04. The molecule has 0 radical (unpaired) electrons. The van der Waals surface area contributed by atoms with Crippen molar-refractivity contribution in [1.29, 1.82) is 0 Å². The van der Waals surface area contributed by atoms with E-state index < -0.39 is 6.10 Å². The molecule has 6 nitrogen and oxygen atoms in total. The van der Waals surface area contributed by atoms with Gasteiger partial charge in [-0.1, -0.05) is 290 Å². The van der Waals surface area contributed by atoms with Gasteiger partial charge in [-0.2, -0.15) is 0 Å². The van der Waals surface area contributed by atoms with Crippen LogP contribution in [-0.4, -0.2) is 37.2 Å². The van der Waals surface area contributed by atoms with Crippen LogP contribution in [0.5, 0.6) is 0 Å². The molecule has 6 heteroatoms. The Morgan fingerprint density at radius 1 is 0.288 bits per heavy atom. The highest BCUT2D eigenvalue weighted by molar-refractivity contribution is 5.71. The maximum atomic E-state index is 12.7. The molecule has 0 aliphatic heterocycles. The number of hydrogen-bond acceptors (Lipinski definition) is 6. The predicted octanol–water partition coefficient (Wildman–Crippen LogP) is 19.7. The Balaban J connectivity index is 3.92. The lowest BCUT2D eigenvalue weighted by molar-refractivity contribution is -0.167. The van der Waals surface area contributed by atoms with Crippen LogP contribution in [0.4, 0.5) is 0 Å². The summed E-state index contributed by atoms with van der Waals surface area (Å²) in [5.74, 6) is -0.867. The minimum absolute atomic E-state index is 0.0687. The van der Waals surface area contributed by atoms with E-state index in [4.69, 9.17) is 14.2 Å². The highest BCUT2D eigenvalue weighted by atomic mass is 16.6. The second-order valence-corrected chi connectivity index (χ2v) is 20.3. The van der Waals surface area contributed by atoms with Crippen LogP contribution in [0.1, 0.15) is 335 Å². The van der Waals surface area contributed by atoms with E-state index in [1.54, 1.807) is 0 Å². The first-order valence-electron chi connectivity index (χ1n) is 29.7. The van der Waals surface area contributed by atoms with E-state index in [2.05, 4.69) is 32.9 Å². The van der Waals surface area contributed by atoms with Crippen molar-refractivity contribution in [3.8, 4) is 0 Å². The van der Waals surface area contributed by atoms with Crippen molar-refractivity contribution in [2.45, 2.75) is 341 Å². The minimum Gasteiger partial charge on any atom is -0.462 e. The molecule has 66 heavy (non-hydrogen) atoms. The molecule has 0 aliphatic carbocycles. The summed E-state index contributed by atoms with van der Waals surface area (Å²) < 4.78 is 16.7.